The van der Waals surface area contributed by atoms with Crippen molar-refractivity contribution in [3.05, 3.63) is 57.7 Å². The maximum absolute atomic E-state index is 13.7. The molecule has 1 aromatic heterocycles. The topological polar surface area (TPSA) is 72.5 Å². The van der Waals surface area contributed by atoms with E-state index in [2.05, 4.69) is 31.4 Å². The first-order valence-corrected chi connectivity index (χ1v) is 6.70. The molecule has 2 aromatic rings. The van der Waals surface area contributed by atoms with Gasteiger partial charge in [0.2, 0.25) is 12.1 Å². The number of pyridine rings is 1. The number of hydrazone groups is 1. The van der Waals surface area contributed by atoms with Crippen molar-refractivity contribution in [2.75, 3.05) is 5.73 Å². The smallest absolute Gasteiger partial charge is 0.244 e. The molecule has 2 heterocycles. The molecule has 1 atom stereocenters. The number of ether oxygens (including phenoxy) is 1. The van der Waals surface area contributed by atoms with Crippen LogP contribution in [0.3, 0.4) is 0 Å². The van der Waals surface area contributed by atoms with Crippen molar-refractivity contribution < 1.29 is 13.5 Å². The Hall–Kier alpha value is -2.22. The van der Waals surface area contributed by atoms with Crippen molar-refractivity contribution in [2.24, 2.45) is 5.10 Å². The second kappa shape index (κ2) is 5.28. The first-order chi connectivity index (χ1) is 10.0. The van der Waals surface area contributed by atoms with Crippen LogP contribution in [0.5, 0.6) is 0 Å². The molecule has 5 nitrogen and oxygen atoms in total. The molecule has 0 bridgehead atoms. The Morgan fingerprint density at radius 2 is 2.10 bits per heavy atom. The van der Waals surface area contributed by atoms with E-state index < -0.39 is 17.9 Å². The number of nitrogens with one attached hydrogen (secondary N) is 1. The third-order valence-electron chi connectivity index (χ3n) is 2.87. The first kappa shape index (κ1) is 13.7. The van der Waals surface area contributed by atoms with Crippen LogP contribution in [0.1, 0.15) is 17.4 Å². The monoisotopic (exact) mass is 354 g/mol. The molecule has 1 aromatic carbocycles. The number of nitrogen functional groups attached to an aromatic ring is 1. The molecule has 0 saturated carbocycles. The quantitative estimate of drug-likeness (QED) is 0.869. The number of halogens is 3. The van der Waals surface area contributed by atoms with Crippen LogP contribution in [0.2, 0.25) is 0 Å². The lowest BCUT2D eigenvalue weighted by Gasteiger charge is -2.13. The zero-order valence-corrected chi connectivity index (χ0v) is 12.1. The van der Waals surface area contributed by atoms with Gasteiger partial charge in [-0.1, -0.05) is 0 Å². The van der Waals surface area contributed by atoms with Crippen LogP contribution in [-0.4, -0.2) is 10.9 Å². The van der Waals surface area contributed by atoms with Gasteiger partial charge in [-0.05, 0) is 40.2 Å². The number of nitrogens with zero attached hydrogens (tertiary/aromatic N) is 2. The molecule has 1 aliphatic rings. The summed E-state index contributed by atoms with van der Waals surface area (Å²) in [7, 11) is 0. The highest BCUT2D eigenvalue weighted by atomic mass is 79.9. The van der Waals surface area contributed by atoms with Gasteiger partial charge in [-0.25, -0.2) is 13.8 Å². The predicted molar refractivity (Wildman–Crippen MR) is 76.2 cm³/mol. The van der Waals surface area contributed by atoms with E-state index in [-0.39, 0.29) is 17.3 Å². The van der Waals surface area contributed by atoms with Gasteiger partial charge >= 0.3 is 0 Å². The molecule has 8 heteroatoms. The number of nitrogens with two attached hydrogens (primary N) is 1. The molecule has 108 valence electrons. The van der Waals surface area contributed by atoms with Crippen LogP contribution in [0.4, 0.5) is 14.6 Å². The first-order valence-electron chi connectivity index (χ1n) is 5.91. The average Bonchev–Trinajstić information content (AvgIpc) is 2.93. The van der Waals surface area contributed by atoms with E-state index in [1.807, 2.05) is 0 Å². The number of hydrogen-bond donors (Lipinski definition) is 2. The van der Waals surface area contributed by atoms with Gasteiger partial charge in [-0.3, -0.25) is 5.43 Å². The SMILES string of the molecule is Nc1ncc(Br)cc1C1=NNC(c2cc(F)ccc2F)O1. The molecule has 3 N–H and O–H groups in total. The molecular formula is C13H9BrF2N4O. The maximum Gasteiger partial charge on any atom is 0.244 e. The van der Waals surface area contributed by atoms with E-state index in [0.29, 0.717) is 10.0 Å². The van der Waals surface area contributed by atoms with Crippen molar-refractivity contribution in [3.8, 4) is 0 Å². The van der Waals surface area contributed by atoms with Crippen molar-refractivity contribution in [2.45, 2.75) is 6.23 Å². The Bertz CT molecular complexity index is 738. The van der Waals surface area contributed by atoms with Gasteiger partial charge in [-0.2, -0.15) is 0 Å². The van der Waals surface area contributed by atoms with E-state index in [4.69, 9.17) is 10.5 Å². The summed E-state index contributed by atoms with van der Waals surface area (Å²) in [4.78, 5) is 3.96. The second-order valence-electron chi connectivity index (χ2n) is 4.30. The average molecular weight is 355 g/mol. The summed E-state index contributed by atoms with van der Waals surface area (Å²) in [5.41, 5.74) is 8.83. The standard InChI is InChI=1S/C13H9BrF2N4O/c14-6-3-9(11(17)18-5-6)13-20-19-12(21-13)8-4-7(15)1-2-10(8)16/h1-5,12,19H,(H2,17,18). The number of aromatic nitrogens is 1. The fourth-order valence-corrected chi connectivity index (χ4v) is 2.21. The molecule has 0 saturated heterocycles. The zero-order valence-electron chi connectivity index (χ0n) is 10.5. The Morgan fingerprint density at radius 1 is 1.29 bits per heavy atom. The Balaban J connectivity index is 1.88. The van der Waals surface area contributed by atoms with Gasteiger partial charge in [0.1, 0.15) is 17.5 Å². The molecule has 1 aliphatic heterocycles. The normalized spacial score (nSPS) is 17.1. The fourth-order valence-electron chi connectivity index (χ4n) is 1.88. The Morgan fingerprint density at radius 3 is 2.90 bits per heavy atom. The zero-order chi connectivity index (χ0) is 15.0. The third kappa shape index (κ3) is 2.66. The van der Waals surface area contributed by atoms with Crippen LogP contribution in [-0.2, 0) is 4.74 Å². The van der Waals surface area contributed by atoms with Gasteiger partial charge in [0.15, 0.2) is 0 Å². The summed E-state index contributed by atoms with van der Waals surface area (Å²) >= 11 is 3.27. The number of anilines is 1. The number of benzene rings is 1. The van der Waals surface area contributed by atoms with Crippen LogP contribution in [0.25, 0.3) is 0 Å². The lowest BCUT2D eigenvalue weighted by molar-refractivity contribution is 0.186. The largest absolute Gasteiger partial charge is 0.446 e. The van der Waals surface area contributed by atoms with Crippen molar-refractivity contribution >= 4 is 27.6 Å². The second-order valence-corrected chi connectivity index (χ2v) is 5.21. The van der Waals surface area contributed by atoms with E-state index >= 15 is 0 Å². The minimum absolute atomic E-state index is 0.0234. The van der Waals surface area contributed by atoms with Gasteiger partial charge in [0, 0.05) is 10.7 Å². The highest BCUT2D eigenvalue weighted by molar-refractivity contribution is 9.10. The maximum atomic E-state index is 13.7. The highest BCUT2D eigenvalue weighted by Crippen LogP contribution is 2.26. The summed E-state index contributed by atoms with van der Waals surface area (Å²) in [6.45, 7) is 0. The van der Waals surface area contributed by atoms with Gasteiger partial charge in [-0.15, -0.1) is 5.10 Å². The summed E-state index contributed by atoms with van der Waals surface area (Å²) in [6, 6.07) is 4.79. The molecule has 0 fully saturated rings. The van der Waals surface area contributed by atoms with E-state index in [1.54, 1.807) is 6.07 Å². The lowest BCUT2D eigenvalue weighted by atomic mass is 10.2. The summed E-state index contributed by atoms with van der Waals surface area (Å²) < 4.78 is 33.1. The van der Waals surface area contributed by atoms with Gasteiger partial charge in [0.05, 0.1) is 11.1 Å². The number of rotatable bonds is 2. The van der Waals surface area contributed by atoms with Crippen LogP contribution < -0.4 is 11.2 Å². The Labute approximate surface area is 126 Å². The predicted octanol–water partition coefficient (Wildman–Crippen LogP) is 2.68. The molecule has 3 rings (SSSR count). The minimum atomic E-state index is -0.922. The molecule has 21 heavy (non-hydrogen) atoms. The fraction of sp³-hybridized carbons (Fsp3) is 0.0769. The lowest BCUT2D eigenvalue weighted by Crippen LogP contribution is -2.15. The molecule has 0 aliphatic carbocycles. The van der Waals surface area contributed by atoms with Crippen molar-refractivity contribution in [1.29, 1.82) is 0 Å². The Kier molecular flexibility index (Phi) is 3.46. The molecular weight excluding hydrogens is 346 g/mol. The molecule has 1 unspecified atom stereocenters. The van der Waals surface area contributed by atoms with Crippen LogP contribution >= 0.6 is 15.9 Å². The van der Waals surface area contributed by atoms with Gasteiger partial charge in [0.25, 0.3) is 0 Å². The summed E-state index contributed by atoms with van der Waals surface area (Å²) in [5.74, 6) is -0.770. The van der Waals surface area contributed by atoms with Gasteiger partial charge < -0.3 is 10.5 Å². The number of hydrogen-bond acceptors (Lipinski definition) is 5. The van der Waals surface area contributed by atoms with Crippen molar-refractivity contribution in [3.63, 3.8) is 0 Å². The van der Waals surface area contributed by atoms with E-state index in [9.17, 15) is 8.78 Å². The summed E-state index contributed by atoms with van der Waals surface area (Å²) in [6.07, 6.45) is 0.611. The molecule has 0 amide bonds. The molecule has 0 spiro atoms. The van der Waals surface area contributed by atoms with E-state index in [1.165, 1.54) is 6.20 Å². The van der Waals surface area contributed by atoms with Crippen LogP contribution in [0.15, 0.2) is 40.0 Å². The van der Waals surface area contributed by atoms with E-state index in [0.717, 1.165) is 18.2 Å². The van der Waals surface area contributed by atoms with Crippen LogP contribution in [0, 0.1) is 11.6 Å². The van der Waals surface area contributed by atoms with Crippen molar-refractivity contribution in [1.82, 2.24) is 10.4 Å². The third-order valence-corrected chi connectivity index (χ3v) is 3.30. The summed E-state index contributed by atoms with van der Waals surface area (Å²) in [5, 5.41) is 3.95. The highest BCUT2D eigenvalue weighted by Gasteiger charge is 2.26. The minimum Gasteiger partial charge on any atom is -0.446 e. The molecule has 0 radical (unpaired) electrons.